The maximum atomic E-state index is 15.5. The number of amides is 1. The van der Waals surface area contributed by atoms with Crippen LogP contribution in [0.3, 0.4) is 0 Å². The van der Waals surface area contributed by atoms with Gasteiger partial charge in [-0.25, -0.2) is 0 Å². The molecule has 10 nitrogen and oxygen atoms in total. The Morgan fingerprint density at radius 1 is 1.09 bits per heavy atom. The summed E-state index contributed by atoms with van der Waals surface area (Å²) >= 11 is 1.18. The summed E-state index contributed by atoms with van der Waals surface area (Å²) < 4.78 is 45.8. The Morgan fingerprint density at radius 2 is 1.84 bits per heavy atom. The van der Waals surface area contributed by atoms with Crippen molar-refractivity contribution in [3.8, 4) is 6.07 Å². The number of aromatic nitrogens is 2. The highest BCUT2D eigenvalue weighted by molar-refractivity contribution is 7.11. The van der Waals surface area contributed by atoms with Crippen LogP contribution in [0, 0.1) is 32.1 Å². The normalized spacial score (nSPS) is 14.6. The monoisotopic (exact) mass is 636 g/mol. The van der Waals surface area contributed by atoms with Gasteiger partial charge in [-0.2, -0.15) is 5.26 Å². The molecule has 0 atom stereocenters. The summed E-state index contributed by atoms with van der Waals surface area (Å²) in [6.07, 6.45) is 5.36. The van der Waals surface area contributed by atoms with Crippen molar-refractivity contribution in [1.82, 2.24) is 13.8 Å². The number of ether oxygens (including phenoxy) is 2. The maximum absolute atomic E-state index is 15.5. The molecule has 0 fully saturated rings. The molecule has 0 saturated carbocycles. The average molecular weight is 637 g/mol. The third-order valence-corrected chi connectivity index (χ3v) is 8.83. The fourth-order valence-electron chi connectivity index (χ4n) is 5.54. The number of aryl methyl sites for hydroxylation is 3. The van der Waals surface area contributed by atoms with E-state index in [9.17, 15) is 14.9 Å². The molecule has 0 spiro atoms. The van der Waals surface area contributed by atoms with Crippen LogP contribution in [0.4, 0.5) is 19.3 Å². The number of nitrogens with one attached hydrogen (secondary N) is 2. The van der Waals surface area contributed by atoms with Crippen molar-refractivity contribution in [3.63, 3.8) is 0 Å². The fourth-order valence-corrected chi connectivity index (χ4v) is 6.48. The van der Waals surface area contributed by atoms with Crippen molar-refractivity contribution >= 4 is 46.9 Å². The molecule has 3 aromatic rings. The lowest BCUT2D eigenvalue weighted by molar-refractivity contribution is -0.362. The molecule has 2 aliphatic heterocycles. The average Bonchev–Trinajstić information content (AvgIpc) is 3.65. The summed E-state index contributed by atoms with van der Waals surface area (Å²) in [6.45, 7) is 3.10. The smallest absolute Gasteiger partial charge is 0.394 e. The first-order valence-electron chi connectivity index (χ1n) is 14.8. The highest BCUT2D eigenvalue weighted by atomic mass is 32.1. The number of benzene rings is 1. The molecular weight excluding hydrogens is 601 g/mol. The highest BCUT2D eigenvalue weighted by Gasteiger charge is 2.52. The van der Waals surface area contributed by atoms with Crippen LogP contribution in [0.1, 0.15) is 40.9 Å². The molecule has 1 amide bonds. The number of halogens is 2. The van der Waals surface area contributed by atoms with Crippen molar-refractivity contribution in [2.24, 2.45) is 0 Å². The lowest BCUT2D eigenvalue weighted by Gasteiger charge is -2.30. The van der Waals surface area contributed by atoms with E-state index >= 15 is 8.63 Å². The van der Waals surface area contributed by atoms with Crippen LogP contribution in [0.5, 0.6) is 0 Å². The number of hydrogen-bond donors (Lipinski definition) is 2. The van der Waals surface area contributed by atoms with E-state index in [1.165, 1.54) is 15.5 Å². The molecule has 0 aliphatic carbocycles. The van der Waals surface area contributed by atoms with Gasteiger partial charge in [0, 0.05) is 49.0 Å². The summed E-state index contributed by atoms with van der Waals surface area (Å²) in [7, 11) is 0. The van der Waals surface area contributed by atoms with Gasteiger partial charge < -0.3 is 37.7 Å². The molecule has 1 aromatic carbocycles. The van der Waals surface area contributed by atoms with Gasteiger partial charge >= 0.3 is 6.97 Å². The Labute approximate surface area is 264 Å². The van der Waals surface area contributed by atoms with Gasteiger partial charge in [-0.15, -0.1) is 0 Å². The predicted molar refractivity (Wildman–Crippen MR) is 171 cm³/mol. The summed E-state index contributed by atoms with van der Waals surface area (Å²) in [5.74, 6) is -0.246. The van der Waals surface area contributed by atoms with E-state index in [4.69, 9.17) is 9.47 Å². The minimum absolute atomic E-state index is 0.0690. The highest BCUT2D eigenvalue weighted by Crippen LogP contribution is 2.34. The number of allylic oxidation sites excluding steroid dienone is 2. The number of nitriles is 1. The number of carbonyl (C=O) groups is 1. The minimum atomic E-state index is -4.05. The second-order valence-electron chi connectivity index (χ2n) is 10.9. The third kappa shape index (κ3) is 6.85. The summed E-state index contributed by atoms with van der Waals surface area (Å²) in [6, 6.07) is 11.4. The standard InChI is InChI=1S/C31H35BF2N6O4S/c1-21-6-4-5-7-27(21)37-30-26(20-35)31(42)38(45-30)13-15-44-17-16-43-14-12-36-29(41)11-10-24-8-9-25-19-28-22(2)18-23(3)39(28)32(33,34)40(24)25/h4-9,18-19,37H,10-17H2,1-3H3,(H,36,41). The van der Waals surface area contributed by atoms with E-state index in [-0.39, 0.29) is 49.6 Å². The molecule has 0 radical (unpaired) electrons. The van der Waals surface area contributed by atoms with Crippen molar-refractivity contribution in [1.29, 1.82) is 5.26 Å². The van der Waals surface area contributed by atoms with Gasteiger partial charge in [0.25, 0.3) is 5.56 Å². The van der Waals surface area contributed by atoms with Gasteiger partial charge in [0.15, 0.2) is 11.3 Å². The van der Waals surface area contributed by atoms with Crippen LogP contribution >= 0.6 is 11.5 Å². The summed E-state index contributed by atoms with van der Waals surface area (Å²) in [4.78, 5) is 25.0. The quantitative estimate of drug-likeness (QED) is 0.199. The van der Waals surface area contributed by atoms with Crippen molar-refractivity contribution in [3.05, 3.63) is 86.6 Å². The second kappa shape index (κ2) is 13.8. The van der Waals surface area contributed by atoms with Gasteiger partial charge in [-0.05, 0) is 61.3 Å². The van der Waals surface area contributed by atoms with E-state index < -0.39 is 6.97 Å². The Kier molecular flexibility index (Phi) is 9.82. The van der Waals surface area contributed by atoms with E-state index in [2.05, 4.69) is 10.6 Å². The summed E-state index contributed by atoms with van der Waals surface area (Å²) in [5.41, 5.74) is 4.22. The zero-order valence-corrected chi connectivity index (χ0v) is 26.3. The molecule has 0 unspecified atom stereocenters. The van der Waals surface area contributed by atoms with Crippen LogP contribution in [0.25, 0.3) is 6.08 Å². The largest absolute Gasteiger partial charge is 0.737 e. The Hall–Kier alpha value is -4.32. The zero-order chi connectivity index (χ0) is 32.1. The molecule has 0 bridgehead atoms. The lowest BCUT2D eigenvalue weighted by atomic mass is 9.90. The van der Waals surface area contributed by atoms with Gasteiger partial charge in [0.1, 0.15) is 16.8 Å². The Bertz CT molecular complexity index is 1800. The first-order chi connectivity index (χ1) is 21.6. The van der Waals surface area contributed by atoms with Crippen LogP contribution in [0.15, 0.2) is 53.0 Å². The van der Waals surface area contributed by atoms with E-state index in [1.807, 2.05) is 44.2 Å². The van der Waals surface area contributed by atoms with Crippen molar-refractivity contribution in [2.45, 2.75) is 40.2 Å². The number of carbonyl (C=O) groups excluding carboxylic acids is 1. The van der Waals surface area contributed by atoms with Crippen LogP contribution in [0.2, 0.25) is 0 Å². The molecule has 2 aromatic heterocycles. The van der Waals surface area contributed by atoms with E-state index in [0.29, 0.717) is 47.6 Å². The van der Waals surface area contributed by atoms with Gasteiger partial charge in [0.2, 0.25) is 5.91 Å². The van der Waals surface area contributed by atoms with Crippen LogP contribution < -0.4 is 16.2 Å². The van der Waals surface area contributed by atoms with Crippen LogP contribution in [-0.2, 0) is 20.8 Å². The SMILES string of the molecule is Cc1ccccc1Nc1sn(CCOCCOCCNC(=O)CCC2=[N+]3C(=Cc4c(C)cc(C)n4[B-]3(F)F)C=C2)c(=O)c1C#N. The number of para-hydroxylation sites is 1. The van der Waals surface area contributed by atoms with Crippen molar-refractivity contribution in [2.75, 3.05) is 38.3 Å². The molecule has 14 heteroatoms. The number of hydrogen-bond acceptors (Lipinski definition) is 7. The van der Waals surface area contributed by atoms with Crippen LogP contribution in [-0.4, -0.2) is 64.5 Å². The molecule has 2 N–H and O–H groups in total. The van der Waals surface area contributed by atoms with E-state index in [0.717, 1.165) is 25.8 Å². The molecular formula is C31H35BF2N6O4S. The minimum Gasteiger partial charge on any atom is -0.394 e. The third-order valence-electron chi connectivity index (χ3n) is 7.77. The topological polar surface area (TPSA) is 113 Å². The van der Waals surface area contributed by atoms with Gasteiger partial charge in [-0.3, -0.25) is 13.5 Å². The van der Waals surface area contributed by atoms with Gasteiger partial charge in [0.05, 0.1) is 33.0 Å². The Balaban J connectivity index is 0.986. The molecule has 236 valence electrons. The lowest BCUT2D eigenvalue weighted by Crippen LogP contribution is -2.50. The Morgan fingerprint density at radius 3 is 2.60 bits per heavy atom. The van der Waals surface area contributed by atoms with E-state index in [1.54, 1.807) is 31.2 Å². The predicted octanol–water partition coefficient (Wildman–Crippen LogP) is 4.48. The molecule has 45 heavy (non-hydrogen) atoms. The van der Waals surface area contributed by atoms with Gasteiger partial charge in [-0.1, -0.05) is 18.2 Å². The maximum Gasteiger partial charge on any atom is 0.737 e. The number of fused-ring (bicyclic) bond motifs is 2. The molecule has 0 saturated heterocycles. The first kappa shape index (κ1) is 32.1. The zero-order valence-electron chi connectivity index (χ0n) is 25.4. The molecule has 4 heterocycles. The number of nitrogens with zero attached hydrogens (tertiary/aromatic N) is 4. The second-order valence-corrected chi connectivity index (χ2v) is 11.9. The summed E-state index contributed by atoms with van der Waals surface area (Å²) in [5, 5.41) is 15.9. The number of rotatable bonds is 14. The first-order valence-corrected chi connectivity index (χ1v) is 15.5. The molecule has 2 aliphatic rings. The number of anilines is 2. The molecule has 5 rings (SSSR count). The fraction of sp³-hybridized carbons (Fsp3) is 0.355. The van der Waals surface area contributed by atoms with Crippen molar-refractivity contribution < 1.29 is 27.4 Å².